The molecule has 0 bridgehead atoms. The van der Waals surface area contributed by atoms with Gasteiger partial charge in [0.05, 0.1) is 5.92 Å². The Bertz CT molecular complexity index is 1110. The van der Waals surface area contributed by atoms with Crippen LogP contribution in [0.15, 0.2) is 48.5 Å². The number of carboxylic acids is 1. The van der Waals surface area contributed by atoms with E-state index < -0.39 is 18.1 Å². The maximum Gasteiger partial charge on any atom is 0.407 e. The summed E-state index contributed by atoms with van der Waals surface area (Å²) in [6.07, 6.45) is -0.147. The first kappa shape index (κ1) is 23.4. The molecule has 0 aromatic heterocycles. The minimum atomic E-state index is -0.782. The van der Waals surface area contributed by atoms with Crippen LogP contribution in [0, 0.1) is 23.2 Å². The van der Waals surface area contributed by atoms with Crippen molar-refractivity contribution in [2.75, 3.05) is 19.7 Å². The minimum Gasteiger partial charge on any atom is -0.481 e. The summed E-state index contributed by atoms with van der Waals surface area (Å²) in [6, 6.07) is 15.6. The lowest BCUT2D eigenvalue weighted by Crippen LogP contribution is -2.50. The second-order valence-electron chi connectivity index (χ2n) is 11.2. The van der Waals surface area contributed by atoms with Gasteiger partial charge in [0.1, 0.15) is 12.6 Å². The van der Waals surface area contributed by atoms with Crippen LogP contribution in [0.3, 0.4) is 0 Å². The van der Waals surface area contributed by atoms with Crippen LogP contribution in [0.2, 0.25) is 0 Å². The number of nitrogens with zero attached hydrogens (tertiary/aromatic N) is 1. The van der Waals surface area contributed by atoms with E-state index in [9.17, 15) is 19.5 Å². The van der Waals surface area contributed by atoms with Gasteiger partial charge in [-0.2, -0.15) is 0 Å². The zero-order valence-electron chi connectivity index (χ0n) is 20.4. The number of carbonyl (C=O) groups excluding carboxylic acids is 2. The number of nitrogens with one attached hydrogen (secondary N) is 1. The molecule has 2 amide bonds. The van der Waals surface area contributed by atoms with E-state index in [1.54, 1.807) is 4.90 Å². The van der Waals surface area contributed by atoms with Crippen molar-refractivity contribution in [3.8, 4) is 11.1 Å². The topological polar surface area (TPSA) is 95.9 Å². The molecule has 1 saturated carbocycles. The predicted octanol–water partition coefficient (Wildman–Crippen LogP) is 4.12. The fourth-order valence-electron chi connectivity index (χ4n) is 5.89. The van der Waals surface area contributed by atoms with Crippen molar-refractivity contribution in [2.45, 2.75) is 39.2 Å². The van der Waals surface area contributed by atoms with Gasteiger partial charge in [-0.1, -0.05) is 69.3 Å². The first-order valence-electron chi connectivity index (χ1n) is 12.3. The smallest absolute Gasteiger partial charge is 0.407 e. The van der Waals surface area contributed by atoms with Crippen molar-refractivity contribution in [2.24, 2.45) is 23.2 Å². The summed E-state index contributed by atoms with van der Waals surface area (Å²) in [6.45, 7) is 7.13. The Hall–Kier alpha value is -3.35. The quantitative estimate of drug-likeness (QED) is 0.654. The Kier molecular flexibility index (Phi) is 5.82. The molecule has 0 radical (unpaired) electrons. The molecule has 184 valence electrons. The zero-order chi connectivity index (χ0) is 24.9. The summed E-state index contributed by atoms with van der Waals surface area (Å²) in [5.74, 6) is -1.28. The van der Waals surface area contributed by atoms with Gasteiger partial charge in [-0.15, -0.1) is 0 Å². The molecule has 3 aliphatic rings. The Morgan fingerprint density at radius 2 is 1.54 bits per heavy atom. The normalized spacial score (nSPS) is 23.2. The molecule has 7 heteroatoms. The first-order valence-corrected chi connectivity index (χ1v) is 12.3. The van der Waals surface area contributed by atoms with Crippen molar-refractivity contribution in [1.29, 1.82) is 0 Å². The number of carboxylic acid groups (broad SMARTS) is 1. The van der Waals surface area contributed by atoms with Gasteiger partial charge in [-0.25, -0.2) is 4.79 Å². The highest BCUT2D eigenvalue weighted by Gasteiger charge is 2.60. The Morgan fingerprint density at radius 1 is 1.00 bits per heavy atom. The molecule has 1 heterocycles. The average Bonchev–Trinajstić information content (AvgIpc) is 3.17. The number of piperidine rings is 1. The fraction of sp³-hybridized carbons (Fsp3) is 0.464. The molecule has 35 heavy (non-hydrogen) atoms. The van der Waals surface area contributed by atoms with Crippen LogP contribution in [-0.2, 0) is 14.3 Å². The summed E-state index contributed by atoms with van der Waals surface area (Å²) >= 11 is 0. The summed E-state index contributed by atoms with van der Waals surface area (Å²) in [5.41, 5.74) is 4.39. The maximum absolute atomic E-state index is 13.3. The number of aliphatic carboxylic acids is 1. The van der Waals surface area contributed by atoms with Gasteiger partial charge in [-0.05, 0) is 45.9 Å². The number of ether oxygens (including phenoxy) is 1. The van der Waals surface area contributed by atoms with Crippen molar-refractivity contribution in [3.63, 3.8) is 0 Å². The fourth-order valence-corrected chi connectivity index (χ4v) is 5.89. The molecular weight excluding hydrogens is 444 g/mol. The van der Waals surface area contributed by atoms with Gasteiger partial charge in [0.2, 0.25) is 5.91 Å². The van der Waals surface area contributed by atoms with Crippen molar-refractivity contribution in [3.05, 3.63) is 59.7 Å². The molecule has 3 unspecified atom stereocenters. The monoisotopic (exact) mass is 476 g/mol. The molecule has 7 nitrogen and oxygen atoms in total. The summed E-state index contributed by atoms with van der Waals surface area (Å²) in [4.78, 5) is 39.1. The molecule has 2 fully saturated rings. The highest BCUT2D eigenvalue weighted by molar-refractivity contribution is 5.87. The number of alkyl carbamates (subject to hydrolysis) is 1. The van der Waals surface area contributed by atoms with Gasteiger partial charge >= 0.3 is 12.1 Å². The lowest BCUT2D eigenvalue weighted by molar-refractivity contribution is -0.141. The Labute approximate surface area is 205 Å². The van der Waals surface area contributed by atoms with Crippen molar-refractivity contribution >= 4 is 18.0 Å². The van der Waals surface area contributed by atoms with Crippen LogP contribution in [0.4, 0.5) is 4.79 Å². The number of hydrogen-bond donors (Lipinski definition) is 2. The first-order chi connectivity index (χ1) is 16.6. The van der Waals surface area contributed by atoms with E-state index in [0.717, 1.165) is 22.3 Å². The van der Waals surface area contributed by atoms with E-state index in [1.165, 1.54) is 0 Å². The van der Waals surface area contributed by atoms with Crippen LogP contribution < -0.4 is 5.32 Å². The van der Waals surface area contributed by atoms with E-state index >= 15 is 0 Å². The second-order valence-corrected chi connectivity index (χ2v) is 11.2. The number of fused-ring (bicyclic) bond motifs is 4. The molecule has 5 rings (SSSR count). The lowest BCUT2D eigenvalue weighted by atomic mass is 9.87. The molecule has 2 aromatic carbocycles. The summed E-state index contributed by atoms with van der Waals surface area (Å²) in [5, 5.41) is 12.1. The highest BCUT2D eigenvalue weighted by atomic mass is 16.5. The van der Waals surface area contributed by atoms with Crippen LogP contribution in [0.5, 0.6) is 0 Å². The number of likely N-dealkylation sites (tertiary alicyclic amines) is 1. The van der Waals surface area contributed by atoms with Crippen LogP contribution >= 0.6 is 0 Å². The second kappa shape index (κ2) is 8.70. The predicted molar refractivity (Wildman–Crippen MR) is 131 cm³/mol. The summed E-state index contributed by atoms with van der Waals surface area (Å²) in [7, 11) is 0. The van der Waals surface area contributed by atoms with Gasteiger partial charge < -0.3 is 20.1 Å². The number of rotatable bonds is 6. The number of hydrogen-bond acceptors (Lipinski definition) is 4. The third-order valence-electron chi connectivity index (χ3n) is 7.54. The molecule has 1 aliphatic heterocycles. The van der Waals surface area contributed by atoms with Crippen LogP contribution in [0.25, 0.3) is 11.1 Å². The van der Waals surface area contributed by atoms with Crippen molar-refractivity contribution < 1.29 is 24.2 Å². The molecular formula is C28H32N2O5. The van der Waals surface area contributed by atoms with Gasteiger partial charge in [-0.3, -0.25) is 9.59 Å². The third kappa shape index (κ3) is 4.51. The molecule has 2 aliphatic carbocycles. The van der Waals surface area contributed by atoms with Gasteiger partial charge in [0.25, 0.3) is 0 Å². The number of benzene rings is 2. The zero-order valence-corrected chi connectivity index (χ0v) is 20.4. The molecule has 2 N–H and O–H groups in total. The van der Waals surface area contributed by atoms with E-state index in [2.05, 4.69) is 29.6 Å². The highest BCUT2D eigenvalue weighted by Crippen LogP contribution is 2.52. The van der Waals surface area contributed by atoms with Gasteiger partial charge in [0, 0.05) is 19.0 Å². The Morgan fingerprint density at radius 3 is 2.06 bits per heavy atom. The van der Waals surface area contributed by atoms with E-state index in [4.69, 9.17) is 4.74 Å². The lowest BCUT2D eigenvalue weighted by Gasteiger charge is -2.30. The third-order valence-corrected chi connectivity index (χ3v) is 7.54. The maximum atomic E-state index is 13.3. The largest absolute Gasteiger partial charge is 0.481 e. The SMILES string of the molecule is CC(C)(C)CC(NC(=O)OCC1c2ccccc2-c2ccccc21)C(=O)N1CC2C(C1)C2C(=O)O. The van der Waals surface area contributed by atoms with E-state index in [-0.39, 0.29) is 41.6 Å². The minimum absolute atomic E-state index is 0.0289. The van der Waals surface area contributed by atoms with Crippen molar-refractivity contribution in [1.82, 2.24) is 10.2 Å². The number of carbonyl (C=O) groups is 3. The Balaban J connectivity index is 1.24. The standard InChI is InChI=1S/C28H32N2O5/c1-28(2,3)12-23(25(31)30-13-20-21(14-30)24(20)26(32)33)29-27(34)35-15-22-18-10-6-4-8-16(18)17-9-5-7-11-19(17)22/h4-11,20-24H,12-15H2,1-3H3,(H,29,34)(H,32,33). The van der Waals surface area contributed by atoms with Gasteiger partial charge in [0.15, 0.2) is 0 Å². The molecule has 1 saturated heterocycles. The number of amides is 2. The molecule has 3 atom stereocenters. The van der Waals surface area contributed by atoms with E-state index in [1.807, 2.05) is 45.0 Å². The van der Waals surface area contributed by atoms with E-state index in [0.29, 0.717) is 19.5 Å². The average molecular weight is 477 g/mol. The summed E-state index contributed by atoms with van der Waals surface area (Å²) < 4.78 is 5.68. The molecule has 2 aromatic rings. The van der Waals surface area contributed by atoms with Crippen LogP contribution in [-0.4, -0.2) is 53.7 Å². The molecule has 0 spiro atoms. The van der Waals surface area contributed by atoms with Crippen LogP contribution in [0.1, 0.15) is 44.2 Å².